The summed E-state index contributed by atoms with van der Waals surface area (Å²) < 4.78 is 68.2. The van der Waals surface area contributed by atoms with Crippen LogP contribution in [0, 0.1) is 5.92 Å². The fraction of sp³-hybridized carbons (Fsp3) is 0.946. The van der Waals surface area contributed by atoms with Crippen LogP contribution in [0.1, 0.15) is 388 Å². The van der Waals surface area contributed by atoms with Crippen molar-refractivity contribution in [2.24, 2.45) is 5.92 Å². The smallest absolute Gasteiger partial charge is 0.462 e. The summed E-state index contributed by atoms with van der Waals surface area (Å²) in [5, 5.41) is 10.6. The Hall–Kier alpha value is -1.94. The predicted molar refractivity (Wildman–Crippen MR) is 377 cm³/mol. The Balaban J connectivity index is 5.12. The van der Waals surface area contributed by atoms with Crippen molar-refractivity contribution in [1.29, 1.82) is 0 Å². The van der Waals surface area contributed by atoms with Gasteiger partial charge >= 0.3 is 39.5 Å². The third kappa shape index (κ3) is 67.0. The van der Waals surface area contributed by atoms with Gasteiger partial charge < -0.3 is 33.8 Å². The van der Waals surface area contributed by atoms with Crippen molar-refractivity contribution in [2.45, 2.75) is 406 Å². The van der Waals surface area contributed by atoms with Crippen LogP contribution < -0.4 is 0 Å². The molecule has 0 aromatic rings. The second-order valence-corrected chi connectivity index (χ2v) is 29.8. The molecule has 0 fully saturated rings. The first-order valence-electron chi connectivity index (χ1n) is 38.7. The van der Waals surface area contributed by atoms with Crippen molar-refractivity contribution >= 4 is 39.5 Å². The van der Waals surface area contributed by atoms with E-state index in [-0.39, 0.29) is 25.7 Å². The molecule has 0 rings (SSSR count). The normalized spacial score (nSPS) is 14.3. The van der Waals surface area contributed by atoms with Gasteiger partial charge in [0.1, 0.15) is 19.3 Å². The lowest BCUT2D eigenvalue weighted by Gasteiger charge is -2.21. The zero-order valence-corrected chi connectivity index (χ0v) is 62.2. The van der Waals surface area contributed by atoms with Crippen LogP contribution in [0.4, 0.5) is 0 Å². The number of carbonyl (C=O) groups is 4. The number of hydrogen-bond acceptors (Lipinski definition) is 15. The van der Waals surface area contributed by atoms with E-state index < -0.39 is 97.5 Å². The molecule has 0 bridgehead atoms. The van der Waals surface area contributed by atoms with Gasteiger partial charge in [0.05, 0.1) is 26.4 Å². The Morgan fingerprint density at radius 2 is 0.516 bits per heavy atom. The zero-order chi connectivity index (χ0) is 68.4. The van der Waals surface area contributed by atoms with Crippen molar-refractivity contribution in [3.05, 3.63) is 0 Å². The lowest BCUT2D eigenvalue weighted by atomic mass is 9.99. The van der Waals surface area contributed by atoms with Crippen LogP contribution in [-0.4, -0.2) is 96.7 Å². The maximum Gasteiger partial charge on any atom is 0.472 e. The minimum Gasteiger partial charge on any atom is -0.462 e. The number of esters is 4. The summed E-state index contributed by atoms with van der Waals surface area (Å²) in [5.41, 5.74) is 0. The highest BCUT2D eigenvalue weighted by molar-refractivity contribution is 7.47. The van der Waals surface area contributed by atoms with E-state index >= 15 is 0 Å². The molecule has 0 aliphatic rings. The number of carbonyl (C=O) groups excluding carboxylic acids is 4. The summed E-state index contributed by atoms with van der Waals surface area (Å²) in [6.07, 6.45) is 56.0. The molecule has 0 saturated heterocycles. The fourth-order valence-corrected chi connectivity index (χ4v) is 12.9. The molecular weight excluding hydrogens is 1220 g/mol. The van der Waals surface area contributed by atoms with E-state index in [1.807, 2.05) is 0 Å². The van der Waals surface area contributed by atoms with Gasteiger partial charge in [-0.2, -0.15) is 0 Å². The Bertz CT molecular complexity index is 1790. The highest BCUT2D eigenvalue weighted by Gasteiger charge is 2.30. The van der Waals surface area contributed by atoms with Crippen LogP contribution in [0.2, 0.25) is 0 Å². The summed E-state index contributed by atoms with van der Waals surface area (Å²) in [7, 11) is -9.90. The lowest BCUT2D eigenvalue weighted by molar-refractivity contribution is -0.161. The second kappa shape index (κ2) is 67.3. The van der Waals surface area contributed by atoms with E-state index in [0.29, 0.717) is 25.7 Å². The van der Waals surface area contributed by atoms with Gasteiger partial charge in [-0.15, -0.1) is 0 Å². The number of unbranched alkanes of at least 4 members (excludes halogenated alkanes) is 45. The summed E-state index contributed by atoms with van der Waals surface area (Å²) >= 11 is 0. The minimum absolute atomic E-state index is 0.104. The summed E-state index contributed by atoms with van der Waals surface area (Å²) in [6, 6.07) is 0. The molecule has 0 aromatic carbocycles. The van der Waals surface area contributed by atoms with Crippen molar-refractivity contribution < 1.29 is 80.2 Å². The van der Waals surface area contributed by atoms with E-state index in [1.165, 1.54) is 205 Å². The summed E-state index contributed by atoms with van der Waals surface area (Å²) in [5.74, 6) is -1.36. The van der Waals surface area contributed by atoms with Crippen molar-refractivity contribution in [3.8, 4) is 0 Å². The fourth-order valence-electron chi connectivity index (χ4n) is 11.3. The first-order chi connectivity index (χ1) is 45.1. The van der Waals surface area contributed by atoms with Crippen LogP contribution in [0.25, 0.3) is 0 Å². The Morgan fingerprint density at radius 1 is 0.301 bits per heavy atom. The monoisotopic (exact) mass is 1370 g/mol. The third-order valence-corrected chi connectivity index (χ3v) is 19.5. The van der Waals surface area contributed by atoms with Crippen LogP contribution in [0.5, 0.6) is 0 Å². The zero-order valence-electron chi connectivity index (χ0n) is 60.4. The van der Waals surface area contributed by atoms with E-state index in [9.17, 15) is 43.2 Å². The average Bonchev–Trinajstić information content (AvgIpc) is 2.89. The first kappa shape index (κ1) is 91.1. The number of rotatable bonds is 74. The molecule has 0 heterocycles. The molecule has 17 nitrogen and oxygen atoms in total. The second-order valence-electron chi connectivity index (χ2n) is 26.9. The number of aliphatic hydroxyl groups is 1. The summed E-state index contributed by atoms with van der Waals surface area (Å²) in [4.78, 5) is 72.4. The van der Waals surface area contributed by atoms with Crippen molar-refractivity contribution in [3.63, 3.8) is 0 Å². The topological polar surface area (TPSA) is 237 Å². The molecule has 0 radical (unpaired) electrons. The van der Waals surface area contributed by atoms with Crippen LogP contribution in [0.3, 0.4) is 0 Å². The van der Waals surface area contributed by atoms with Crippen LogP contribution in [0.15, 0.2) is 0 Å². The molecule has 3 unspecified atom stereocenters. The third-order valence-electron chi connectivity index (χ3n) is 17.6. The number of ether oxygens (including phenoxy) is 4. The van der Waals surface area contributed by atoms with Gasteiger partial charge in [0.2, 0.25) is 0 Å². The van der Waals surface area contributed by atoms with Crippen molar-refractivity contribution in [2.75, 3.05) is 39.6 Å². The van der Waals surface area contributed by atoms with Gasteiger partial charge in [0.15, 0.2) is 12.2 Å². The standard InChI is InChI=1S/C74H144O17P2/c1-6-10-13-16-18-20-22-24-26-27-28-29-30-31-33-35-37-39-44-49-54-59-73(78)91-70(64-85-72(77)58-53-48-43-38-36-34-32-25-23-21-19-17-14-11-7-2)66-89-93(82,83)87-62-68(75)61-86-92(80,81)88-65-69(63-84-71(76)57-52-46-15-12-8-3)90-74(79)60-55-50-45-41-40-42-47-51-56-67(5)9-4/h67-70,75H,6-66H2,1-5H3,(H,80,81)(H,82,83)/t67?,68-,69+,70+/m0/s1. The quantitative estimate of drug-likeness (QED) is 0.0222. The maximum atomic E-state index is 13.1. The molecule has 552 valence electrons. The molecule has 0 aliphatic carbocycles. The Labute approximate surface area is 568 Å². The molecule has 0 aromatic heterocycles. The first-order valence-corrected chi connectivity index (χ1v) is 41.7. The number of hydrogen-bond donors (Lipinski definition) is 3. The van der Waals surface area contributed by atoms with Crippen LogP contribution in [-0.2, 0) is 65.4 Å². The van der Waals surface area contributed by atoms with E-state index in [0.717, 1.165) is 102 Å². The molecule has 93 heavy (non-hydrogen) atoms. The molecule has 0 amide bonds. The van der Waals surface area contributed by atoms with Gasteiger partial charge in [0, 0.05) is 25.7 Å². The maximum absolute atomic E-state index is 13.1. The molecule has 0 saturated carbocycles. The average molecular weight is 1370 g/mol. The Kier molecular flexibility index (Phi) is 65.9. The Morgan fingerprint density at radius 3 is 0.763 bits per heavy atom. The number of phosphoric ester groups is 2. The van der Waals surface area contributed by atoms with Gasteiger partial charge in [-0.05, 0) is 31.6 Å². The number of phosphoric acid groups is 2. The minimum atomic E-state index is -4.95. The summed E-state index contributed by atoms with van der Waals surface area (Å²) in [6.45, 7) is 7.18. The SMILES string of the molecule is CCCCCCCCCCCCCCCCCCCCCCCC(=O)O[C@H](COC(=O)CCCCCCCCCCCCCCCCC)COP(=O)(O)OC[C@@H](O)COP(=O)(O)OC[C@@H](COC(=O)CCCCCCC)OC(=O)CCCCCCCCCCC(C)CC. The van der Waals surface area contributed by atoms with Crippen LogP contribution >= 0.6 is 15.6 Å². The van der Waals surface area contributed by atoms with Gasteiger partial charge in [-0.3, -0.25) is 37.3 Å². The van der Waals surface area contributed by atoms with E-state index in [4.69, 9.17) is 37.0 Å². The van der Waals surface area contributed by atoms with E-state index in [1.54, 1.807) is 0 Å². The van der Waals surface area contributed by atoms with Gasteiger partial charge in [0.25, 0.3) is 0 Å². The molecule has 0 spiro atoms. The highest BCUT2D eigenvalue weighted by Crippen LogP contribution is 2.45. The molecule has 6 atom stereocenters. The highest BCUT2D eigenvalue weighted by atomic mass is 31.2. The lowest BCUT2D eigenvalue weighted by Crippen LogP contribution is -2.30. The largest absolute Gasteiger partial charge is 0.472 e. The molecule has 0 aliphatic heterocycles. The van der Waals surface area contributed by atoms with E-state index in [2.05, 4.69) is 34.6 Å². The van der Waals surface area contributed by atoms with Gasteiger partial charge in [-0.1, -0.05) is 336 Å². The van der Waals surface area contributed by atoms with Gasteiger partial charge in [-0.25, -0.2) is 9.13 Å². The number of aliphatic hydroxyl groups excluding tert-OH is 1. The predicted octanol–water partition coefficient (Wildman–Crippen LogP) is 21.7. The molecule has 3 N–H and O–H groups in total. The molecular formula is C74H144O17P2. The molecule has 19 heteroatoms. The van der Waals surface area contributed by atoms with Crippen molar-refractivity contribution in [1.82, 2.24) is 0 Å².